The molecule has 8 nitrogen and oxygen atoms in total. The topological polar surface area (TPSA) is 96.4 Å². The van der Waals surface area contributed by atoms with Crippen LogP contribution < -0.4 is 9.80 Å². The van der Waals surface area contributed by atoms with Crippen LogP contribution in [0.25, 0.3) is 11.1 Å². The van der Waals surface area contributed by atoms with Gasteiger partial charge in [0.25, 0.3) is 10.1 Å². The van der Waals surface area contributed by atoms with Gasteiger partial charge in [-0.2, -0.15) is 8.42 Å². The number of halogens is 2. The lowest BCUT2D eigenvalue weighted by molar-refractivity contribution is 0.107. The van der Waals surface area contributed by atoms with Gasteiger partial charge in [0, 0.05) is 18.7 Å². The minimum absolute atomic E-state index is 0.000989. The van der Waals surface area contributed by atoms with Gasteiger partial charge in [0.2, 0.25) is 0 Å². The van der Waals surface area contributed by atoms with E-state index >= 15 is 0 Å². The molecule has 178 valence electrons. The van der Waals surface area contributed by atoms with E-state index in [4.69, 9.17) is 4.74 Å². The van der Waals surface area contributed by atoms with Gasteiger partial charge >= 0.3 is 6.09 Å². The fourth-order valence-electron chi connectivity index (χ4n) is 3.96. The molecular weight excluding hydrogens is 458 g/mol. The number of hydrogen-bond donors (Lipinski definition) is 1. The summed E-state index contributed by atoms with van der Waals surface area (Å²) >= 11 is 0. The highest BCUT2D eigenvalue weighted by atomic mass is 32.2. The Balaban J connectivity index is 1.49. The molecule has 0 unspecified atom stereocenters. The summed E-state index contributed by atoms with van der Waals surface area (Å²) in [5.74, 6) is -1.13. The van der Waals surface area contributed by atoms with Crippen LogP contribution in [0.1, 0.15) is 12.8 Å². The minimum atomic E-state index is -3.69. The number of rotatable bonds is 6. The molecule has 2 heterocycles. The summed E-state index contributed by atoms with van der Waals surface area (Å²) in [6.07, 6.45) is 0.0991. The average molecular weight is 483 g/mol. The number of ether oxygens (including phenoxy) is 1. The molecule has 1 atom stereocenters. The van der Waals surface area contributed by atoms with Crippen molar-refractivity contribution < 1.29 is 36.0 Å². The van der Waals surface area contributed by atoms with Crippen molar-refractivity contribution in [2.75, 3.05) is 42.3 Å². The van der Waals surface area contributed by atoms with Crippen LogP contribution in [0.4, 0.5) is 25.0 Å². The third-order valence-electron chi connectivity index (χ3n) is 5.67. The van der Waals surface area contributed by atoms with Gasteiger partial charge in [-0.15, -0.1) is 0 Å². The van der Waals surface area contributed by atoms with Crippen molar-refractivity contribution in [1.29, 1.82) is 0 Å². The number of amides is 1. The Bertz CT molecular complexity index is 1150. The second-order valence-corrected chi connectivity index (χ2v) is 9.80. The SMILES string of the molecule is CS(=O)(=O)OC[C@H]1CN(c2ccc(-c3ccc(N4CCC(O)CC4)c(F)c3)c(F)c2)C(=O)O1. The Labute approximate surface area is 190 Å². The third-order valence-corrected chi connectivity index (χ3v) is 6.23. The van der Waals surface area contributed by atoms with Crippen LogP contribution in [-0.2, 0) is 19.0 Å². The molecule has 0 aliphatic carbocycles. The zero-order valence-corrected chi connectivity index (χ0v) is 18.7. The van der Waals surface area contributed by atoms with Crippen molar-refractivity contribution in [3.8, 4) is 11.1 Å². The van der Waals surface area contributed by atoms with Gasteiger partial charge in [0.15, 0.2) is 0 Å². The summed E-state index contributed by atoms with van der Waals surface area (Å²) in [4.78, 5) is 15.2. The molecule has 33 heavy (non-hydrogen) atoms. The Morgan fingerprint density at radius 2 is 1.85 bits per heavy atom. The second kappa shape index (κ2) is 9.24. The van der Waals surface area contributed by atoms with Crippen LogP contribution in [0.3, 0.4) is 0 Å². The fraction of sp³-hybridized carbons (Fsp3) is 0.409. The van der Waals surface area contributed by atoms with Crippen LogP contribution in [0, 0.1) is 11.6 Å². The largest absolute Gasteiger partial charge is 0.441 e. The normalized spacial score (nSPS) is 19.8. The predicted molar refractivity (Wildman–Crippen MR) is 118 cm³/mol. The number of carbonyl (C=O) groups is 1. The second-order valence-electron chi connectivity index (χ2n) is 8.15. The zero-order chi connectivity index (χ0) is 23.8. The molecule has 2 saturated heterocycles. The van der Waals surface area contributed by atoms with E-state index in [2.05, 4.69) is 4.18 Å². The Morgan fingerprint density at radius 3 is 2.48 bits per heavy atom. The molecular formula is C22H24F2N2O6S. The molecule has 0 saturated carbocycles. The van der Waals surface area contributed by atoms with Gasteiger partial charge < -0.3 is 14.7 Å². The maximum absolute atomic E-state index is 14.9. The highest BCUT2D eigenvalue weighted by molar-refractivity contribution is 7.85. The summed E-state index contributed by atoms with van der Waals surface area (Å²) in [6, 6.07) is 8.60. The number of nitrogens with zero attached hydrogens (tertiary/aromatic N) is 2. The summed E-state index contributed by atoms with van der Waals surface area (Å²) in [6.45, 7) is 0.759. The number of anilines is 2. The maximum Gasteiger partial charge on any atom is 0.414 e. The molecule has 0 radical (unpaired) electrons. The maximum atomic E-state index is 14.9. The molecule has 1 amide bonds. The van der Waals surface area contributed by atoms with Crippen molar-refractivity contribution in [3.05, 3.63) is 48.0 Å². The predicted octanol–water partition coefficient (Wildman–Crippen LogP) is 2.89. The Hall–Kier alpha value is -2.76. The van der Waals surface area contributed by atoms with Crippen molar-refractivity contribution in [2.45, 2.75) is 25.0 Å². The molecule has 2 aliphatic rings. The first-order valence-electron chi connectivity index (χ1n) is 10.5. The molecule has 1 N–H and O–H groups in total. The van der Waals surface area contributed by atoms with Crippen LogP contribution >= 0.6 is 0 Å². The van der Waals surface area contributed by atoms with Crippen molar-refractivity contribution >= 4 is 27.6 Å². The molecule has 11 heteroatoms. The van der Waals surface area contributed by atoms with E-state index in [0.717, 1.165) is 12.3 Å². The van der Waals surface area contributed by atoms with E-state index in [1.165, 1.54) is 23.1 Å². The van der Waals surface area contributed by atoms with Crippen LogP contribution in [0.2, 0.25) is 0 Å². The number of carbonyl (C=O) groups excluding carboxylic acids is 1. The lowest BCUT2D eigenvalue weighted by atomic mass is 10.0. The van der Waals surface area contributed by atoms with E-state index in [1.807, 2.05) is 4.90 Å². The van der Waals surface area contributed by atoms with Crippen molar-refractivity contribution in [1.82, 2.24) is 0 Å². The first-order valence-corrected chi connectivity index (χ1v) is 12.3. The lowest BCUT2D eigenvalue weighted by Gasteiger charge is -2.31. The van der Waals surface area contributed by atoms with E-state index in [-0.39, 0.29) is 30.5 Å². The standard InChI is InChI=1S/C22H24F2N2O6S/c1-33(29,30)31-13-17-12-26(22(28)32-17)15-3-4-18(19(23)11-15)14-2-5-21(20(24)10-14)25-8-6-16(27)7-9-25/h2-5,10-11,16-17,27H,6-9,12-13H2,1H3/t17-/m1/s1. The van der Waals surface area contributed by atoms with Crippen LogP contribution in [0.15, 0.2) is 36.4 Å². The van der Waals surface area contributed by atoms with Gasteiger partial charge in [-0.25, -0.2) is 13.6 Å². The van der Waals surface area contributed by atoms with E-state index in [0.29, 0.717) is 37.2 Å². The van der Waals surface area contributed by atoms with E-state index < -0.39 is 33.9 Å². The molecule has 0 aromatic heterocycles. The number of benzene rings is 2. The highest BCUT2D eigenvalue weighted by Crippen LogP contribution is 2.32. The van der Waals surface area contributed by atoms with Crippen molar-refractivity contribution in [3.63, 3.8) is 0 Å². The van der Waals surface area contributed by atoms with Gasteiger partial charge in [0.05, 0.1) is 30.3 Å². The summed E-state index contributed by atoms with van der Waals surface area (Å²) in [5.41, 5.74) is 1.15. The number of cyclic esters (lactones) is 1. The first-order chi connectivity index (χ1) is 15.6. The third kappa shape index (κ3) is 5.43. The zero-order valence-electron chi connectivity index (χ0n) is 17.9. The molecule has 2 fully saturated rings. The number of aliphatic hydroxyl groups is 1. The summed E-state index contributed by atoms with van der Waals surface area (Å²) in [7, 11) is -3.69. The Kier molecular flexibility index (Phi) is 6.55. The van der Waals surface area contributed by atoms with Gasteiger partial charge in [-0.1, -0.05) is 6.07 Å². The lowest BCUT2D eigenvalue weighted by Crippen LogP contribution is -2.36. The quantitative estimate of drug-likeness (QED) is 0.633. The average Bonchev–Trinajstić information content (AvgIpc) is 3.13. The molecule has 2 aliphatic heterocycles. The molecule has 0 spiro atoms. The summed E-state index contributed by atoms with van der Waals surface area (Å²) < 4.78 is 61.7. The number of piperidine rings is 1. The highest BCUT2D eigenvalue weighted by Gasteiger charge is 2.33. The van der Waals surface area contributed by atoms with E-state index in [9.17, 15) is 27.1 Å². The first kappa shape index (κ1) is 23.4. The number of hydrogen-bond acceptors (Lipinski definition) is 7. The fourth-order valence-corrected chi connectivity index (χ4v) is 4.36. The van der Waals surface area contributed by atoms with Crippen LogP contribution in [-0.4, -0.2) is 64.3 Å². The molecule has 2 aromatic rings. The van der Waals surface area contributed by atoms with Gasteiger partial charge in [-0.05, 0) is 48.7 Å². The van der Waals surface area contributed by atoms with E-state index in [1.54, 1.807) is 12.1 Å². The Morgan fingerprint density at radius 1 is 1.12 bits per heavy atom. The molecule has 4 rings (SSSR count). The smallest absolute Gasteiger partial charge is 0.414 e. The van der Waals surface area contributed by atoms with Gasteiger partial charge in [0.1, 0.15) is 24.3 Å². The van der Waals surface area contributed by atoms with Crippen LogP contribution in [0.5, 0.6) is 0 Å². The molecule has 2 aromatic carbocycles. The van der Waals surface area contributed by atoms with Crippen molar-refractivity contribution in [2.24, 2.45) is 0 Å². The monoisotopic (exact) mass is 482 g/mol. The molecule has 0 bridgehead atoms. The van der Waals surface area contributed by atoms with Gasteiger partial charge in [-0.3, -0.25) is 9.08 Å². The number of aliphatic hydroxyl groups excluding tert-OH is 1. The summed E-state index contributed by atoms with van der Waals surface area (Å²) in [5, 5.41) is 9.63. The minimum Gasteiger partial charge on any atom is -0.441 e.